The van der Waals surface area contributed by atoms with Crippen LogP contribution in [0.4, 0.5) is 8.78 Å². The maximum absolute atomic E-state index is 13.6. The summed E-state index contributed by atoms with van der Waals surface area (Å²) in [5.41, 5.74) is 0.672. The second kappa shape index (κ2) is 5.27. The van der Waals surface area contributed by atoms with Crippen LogP contribution in [0.15, 0.2) is 24.4 Å². The van der Waals surface area contributed by atoms with E-state index in [0.29, 0.717) is 24.1 Å². The van der Waals surface area contributed by atoms with Crippen molar-refractivity contribution in [1.29, 1.82) is 0 Å². The van der Waals surface area contributed by atoms with Crippen molar-refractivity contribution in [2.24, 2.45) is 0 Å². The predicted molar refractivity (Wildman–Crippen MR) is 65.9 cm³/mol. The van der Waals surface area contributed by atoms with Gasteiger partial charge in [-0.15, -0.1) is 0 Å². The number of hydrogen-bond donors (Lipinski definition) is 2. The van der Waals surface area contributed by atoms with Crippen LogP contribution < -0.4 is 5.32 Å². The Bertz CT molecular complexity index is 535. The van der Waals surface area contributed by atoms with Crippen molar-refractivity contribution < 1.29 is 8.78 Å². The zero-order valence-electron chi connectivity index (χ0n) is 10.3. The highest BCUT2D eigenvalue weighted by Crippen LogP contribution is 2.22. The van der Waals surface area contributed by atoms with Gasteiger partial charge in [0.1, 0.15) is 5.82 Å². The van der Waals surface area contributed by atoms with Gasteiger partial charge in [0, 0.05) is 11.6 Å². The molecule has 0 aliphatic heterocycles. The lowest BCUT2D eigenvalue weighted by atomic mass is 10.1. The van der Waals surface area contributed by atoms with Crippen LogP contribution in [0, 0.1) is 11.6 Å². The van der Waals surface area contributed by atoms with Crippen molar-refractivity contribution in [3.8, 4) is 11.3 Å². The number of halogens is 2. The van der Waals surface area contributed by atoms with E-state index >= 15 is 0 Å². The lowest BCUT2D eigenvalue weighted by Gasteiger charge is -2.05. The van der Waals surface area contributed by atoms with Crippen LogP contribution in [-0.4, -0.2) is 16.0 Å². The molecule has 0 radical (unpaired) electrons. The quantitative estimate of drug-likeness (QED) is 0.877. The van der Waals surface area contributed by atoms with E-state index in [0.717, 1.165) is 6.07 Å². The summed E-state index contributed by atoms with van der Waals surface area (Å²) in [6.45, 7) is 4.61. The summed E-state index contributed by atoms with van der Waals surface area (Å²) in [6.07, 6.45) is 1.51. The second-order valence-electron chi connectivity index (χ2n) is 4.38. The number of hydrogen-bond acceptors (Lipinski definition) is 2. The molecule has 2 aromatic rings. The molecule has 0 aliphatic carbocycles. The molecule has 2 N–H and O–H groups in total. The van der Waals surface area contributed by atoms with E-state index in [-0.39, 0.29) is 5.56 Å². The molecule has 96 valence electrons. The van der Waals surface area contributed by atoms with E-state index in [4.69, 9.17) is 0 Å². The second-order valence-corrected chi connectivity index (χ2v) is 4.38. The number of aromatic nitrogens is 2. The van der Waals surface area contributed by atoms with Gasteiger partial charge >= 0.3 is 0 Å². The number of benzene rings is 1. The van der Waals surface area contributed by atoms with Gasteiger partial charge < -0.3 is 10.3 Å². The minimum absolute atomic E-state index is 0.193. The van der Waals surface area contributed by atoms with Crippen molar-refractivity contribution in [1.82, 2.24) is 15.3 Å². The molecular weight excluding hydrogens is 236 g/mol. The van der Waals surface area contributed by atoms with Crippen LogP contribution in [0.2, 0.25) is 0 Å². The molecule has 0 saturated carbocycles. The summed E-state index contributed by atoms with van der Waals surface area (Å²) in [4.78, 5) is 7.10. The smallest absolute Gasteiger partial charge is 0.168 e. The van der Waals surface area contributed by atoms with E-state index in [1.54, 1.807) is 0 Å². The Balaban J connectivity index is 2.21. The Kier molecular flexibility index (Phi) is 3.72. The first kappa shape index (κ1) is 12.7. The van der Waals surface area contributed by atoms with Gasteiger partial charge in [-0.1, -0.05) is 19.9 Å². The molecule has 0 saturated heterocycles. The van der Waals surface area contributed by atoms with Crippen LogP contribution >= 0.6 is 0 Å². The minimum Gasteiger partial charge on any atom is -0.341 e. The summed E-state index contributed by atoms with van der Waals surface area (Å²) in [6, 6.07) is 4.42. The molecule has 0 fully saturated rings. The Morgan fingerprint density at radius 3 is 2.83 bits per heavy atom. The Labute approximate surface area is 104 Å². The first-order chi connectivity index (χ1) is 8.58. The molecule has 1 aromatic heterocycles. The van der Waals surface area contributed by atoms with Crippen molar-refractivity contribution in [3.05, 3.63) is 41.9 Å². The van der Waals surface area contributed by atoms with Gasteiger partial charge in [-0.05, 0) is 12.1 Å². The van der Waals surface area contributed by atoms with Gasteiger partial charge in [-0.3, -0.25) is 0 Å². The first-order valence-electron chi connectivity index (χ1n) is 5.79. The van der Waals surface area contributed by atoms with Crippen LogP contribution in [0.25, 0.3) is 11.3 Å². The highest BCUT2D eigenvalue weighted by atomic mass is 19.2. The summed E-state index contributed by atoms with van der Waals surface area (Å²) < 4.78 is 26.7. The number of rotatable bonds is 4. The van der Waals surface area contributed by atoms with E-state index in [2.05, 4.69) is 15.3 Å². The molecule has 1 heterocycles. The van der Waals surface area contributed by atoms with Crippen LogP contribution in [0.3, 0.4) is 0 Å². The third-order valence-corrected chi connectivity index (χ3v) is 2.55. The average Bonchev–Trinajstić information content (AvgIpc) is 2.78. The molecular formula is C13H15F2N3. The zero-order chi connectivity index (χ0) is 13.1. The number of H-pyrrole nitrogens is 1. The molecule has 0 bridgehead atoms. The van der Waals surface area contributed by atoms with Crippen molar-refractivity contribution in [3.63, 3.8) is 0 Å². The van der Waals surface area contributed by atoms with E-state index in [9.17, 15) is 8.78 Å². The third kappa shape index (κ3) is 2.73. The van der Waals surface area contributed by atoms with Crippen molar-refractivity contribution in [2.75, 3.05) is 0 Å². The number of nitrogens with one attached hydrogen (secondary N) is 2. The molecule has 0 amide bonds. The van der Waals surface area contributed by atoms with E-state index in [1.165, 1.54) is 18.3 Å². The largest absolute Gasteiger partial charge is 0.341 e. The van der Waals surface area contributed by atoms with Crippen molar-refractivity contribution in [2.45, 2.75) is 26.4 Å². The van der Waals surface area contributed by atoms with E-state index < -0.39 is 11.6 Å². The first-order valence-corrected chi connectivity index (χ1v) is 5.79. The topological polar surface area (TPSA) is 40.7 Å². The lowest BCUT2D eigenvalue weighted by Crippen LogP contribution is -2.22. The fourth-order valence-electron chi connectivity index (χ4n) is 1.60. The molecule has 2 rings (SSSR count). The monoisotopic (exact) mass is 251 g/mol. The van der Waals surface area contributed by atoms with Gasteiger partial charge in [0.15, 0.2) is 11.6 Å². The Morgan fingerprint density at radius 2 is 2.11 bits per heavy atom. The average molecular weight is 251 g/mol. The molecule has 0 unspecified atom stereocenters. The van der Waals surface area contributed by atoms with Crippen LogP contribution in [0.1, 0.15) is 19.7 Å². The highest BCUT2D eigenvalue weighted by molar-refractivity contribution is 5.59. The Morgan fingerprint density at radius 1 is 1.33 bits per heavy atom. The summed E-state index contributed by atoms with van der Waals surface area (Å²) in [5.74, 6) is -1.02. The highest BCUT2D eigenvalue weighted by Gasteiger charge is 2.11. The maximum Gasteiger partial charge on any atom is 0.168 e. The minimum atomic E-state index is -0.857. The SMILES string of the molecule is CC(C)NCc1ncc(-c2cccc(F)c2F)[nH]1. The van der Waals surface area contributed by atoms with Gasteiger partial charge in [0.25, 0.3) is 0 Å². The summed E-state index contributed by atoms with van der Waals surface area (Å²) in [7, 11) is 0. The fraction of sp³-hybridized carbons (Fsp3) is 0.308. The van der Waals surface area contributed by atoms with Crippen LogP contribution in [-0.2, 0) is 6.54 Å². The van der Waals surface area contributed by atoms with Gasteiger partial charge in [0.2, 0.25) is 0 Å². The van der Waals surface area contributed by atoms with Gasteiger partial charge in [0.05, 0.1) is 18.4 Å². The molecule has 0 aliphatic rings. The third-order valence-electron chi connectivity index (χ3n) is 2.55. The molecule has 18 heavy (non-hydrogen) atoms. The molecule has 0 spiro atoms. The van der Waals surface area contributed by atoms with Gasteiger partial charge in [-0.25, -0.2) is 13.8 Å². The van der Waals surface area contributed by atoms with E-state index in [1.807, 2.05) is 13.8 Å². The Hall–Kier alpha value is -1.75. The summed E-state index contributed by atoms with van der Waals surface area (Å²) in [5, 5.41) is 3.19. The standard InChI is InChI=1S/C13H15F2N3/c1-8(2)16-7-12-17-6-11(18-12)9-4-3-5-10(14)13(9)15/h3-6,8,16H,7H2,1-2H3,(H,17,18). The fourth-order valence-corrected chi connectivity index (χ4v) is 1.60. The van der Waals surface area contributed by atoms with Gasteiger partial charge in [-0.2, -0.15) is 0 Å². The molecule has 3 nitrogen and oxygen atoms in total. The maximum atomic E-state index is 13.6. The normalized spacial score (nSPS) is 11.2. The number of aromatic amines is 1. The predicted octanol–water partition coefficient (Wildman–Crippen LogP) is 2.85. The molecule has 1 aromatic carbocycles. The molecule has 5 heteroatoms. The molecule has 0 atom stereocenters. The lowest BCUT2D eigenvalue weighted by molar-refractivity contribution is 0.511. The number of imidazole rings is 1. The zero-order valence-corrected chi connectivity index (χ0v) is 10.3. The van der Waals surface area contributed by atoms with Crippen molar-refractivity contribution >= 4 is 0 Å². The van der Waals surface area contributed by atoms with Crippen LogP contribution in [0.5, 0.6) is 0 Å². The number of nitrogens with zero attached hydrogens (tertiary/aromatic N) is 1. The summed E-state index contributed by atoms with van der Waals surface area (Å²) >= 11 is 0.